The largest absolute Gasteiger partial charge is 0.507 e. The lowest BCUT2D eigenvalue weighted by Crippen LogP contribution is -2.28. The van der Waals surface area contributed by atoms with Gasteiger partial charge in [-0.05, 0) is 38.0 Å². The second kappa shape index (κ2) is 11.1. The third-order valence-corrected chi connectivity index (χ3v) is 5.99. The number of ether oxygens (including phenoxy) is 5. The first kappa shape index (κ1) is 23.6. The first-order valence-electron chi connectivity index (χ1n) is 11.9. The van der Waals surface area contributed by atoms with Gasteiger partial charge in [-0.3, -0.25) is 0 Å². The highest BCUT2D eigenvalue weighted by Gasteiger charge is 2.24. The van der Waals surface area contributed by atoms with Crippen LogP contribution < -0.4 is 9.47 Å². The van der Waals surface area contributed by atoms with Gasteiger partial charge in [0.05, 0.1) is 38.6 Å². The molecule has 0 aliphatic carbocycles. The van der Waals surface area contributed by atoms with Crippen LogP contribution in [0.4, 0.5) is 0 Å². The quantitative estimate of drug-likeness (QED) is 0.273. The molecule has 0 bridgehead atoms. The molecule has 4 rings (SSSR count). The molecule has 0 spiro atoms. The zero-order chi connectivity index (χ0) is 23.2. The molecule has 6 heteroatoms. The Labute approximate surface area is 195 Å². The fraction of sp³-hybridized carbons (Fsp3) is 0.481. The minimum absolute atomic E-state index is 0.0515. The number of fused-ring (bicyclic) bond motifs is 2. The van der Waals surface area contributed by atoms with Gasteiger partial charge >= 0.3 is 0 Å². The normalized spacial score (nSPS) is 17.2. The molecule has 3 atom stereocenters. The maximum absolute atomic E-state index is 11.0. The monoisotopic (exact) mass is 454 g/mol. The van der Waals surface area contributed by atoms with E-state index in [2.05, 4.69) is 13.8 Å². The molecule has 1 fully saturated rings. The Morgan fingerprint density at radius 2 is 1.58 bits per heavy atom. The molecule has 3 aromatic carbocycles. The van der Waals surface area contributed by atoms with Crippen LogP contribution in [0, 0.1) is 0 Å². The Bertz CT molecular complexity index is 1060. The molecule has 0 amide bonds. The van der Waals surface area contributed by atoms with Gasteiger partial charge in [-0.1, -0.05) is 38.1 Å². The first-order chi connectivity index (χ1) is 16.1. The highest BCUT2D eigenvalue weighted by Crippen LogP contribution is 2.43. The molecular formula is C27H34O6. The molecule has 178 valence electrons. The van der Waals surface area contributed by atoms with E-state index < -0.39 is 0 Å². The second-order valence-corrected chi connectivity index (χ2v) is 8.36. The van der Waals surface area contributed by atoms with Gasteiger partial charge < -0.3 is 28.8 Å². The fourth-order valence-corrected chi connectivity index (χ4v) is 3.90. The molecule has 1 N–H and O–H groups in total. The van der Waals surface area contributed by atoms with Crippen molar-refractivity contribution >= 4 is 21.5 Å². The van der Waals surface area contributed by atoms with Crippen LogP contribution in [0.2, 0.25) is 0 Å². The van der Waals surface area contributed by atoms with Crippen molar-refractivity contribution in [2.45, 2.75) is 51.9 Å². The minimum atomic E-state index is -0.0647. The molecule has 3 unspecified atom stereocenters. The highest BCUT2D eigenvalue weighted by atomic mass is 16.6. The Balaban J connectivity index is 1.52. The van der Waals surface area contributed by atoms with Crippen LogP contribution in [0.1, 0.15) is 33.6 Å². The molecule has 0 saturated carbocycles. The van der Waals surface area contributed by atoms with Crippen molar-refractivity contribution in [3.8, 4) is 17.2 Å². The summed E-state index contributed by atoms with van der Waals surface area (Å²) in [5.41, 5.74) is 0. The molecule has 6 nitrogen and oxygen atoms in total. The fourth-order valence-electron chi connectivity index (χ4n) is 3.90. The molecule has 0 aromatic heterocycles. The molecular weight excluding hydrogens is 420 g/mol. The van der Waals surface area contributed by atoms with Crippen LogP contribution in [-0.2, 0) is 14.2 Å². The van der Waals surface area contributed by atoms with Gasteiger partial charge in [0.2, 0.25) is 0 Å². The van der Waals surface area contributed by atoms with E-state index in [-0.39, 0.29) is 24.1 Å². The van der Waals surface area contributed by atoms with Gasteiger partial charge in [0.1, 0.15) is 30.0 Å². The average Bonchev–Trinajstić information content (AvgIpc) is 3.67. The second-order valence-electron chi connectivity index (χ2n) is 8.36. The van der Waals surface area contributed by atoms with Crippen molar-refractivity contribution in [2.75, 3.05) is 33.0 Å². The predicted octanol–water partition coefficient (Wildman–Crippen LogP) is 5.47. The Morgan fingerprint density at radius 1 is 0.879 bits per heavy atom. The maximum atomic E-state index is 11.0. The van der Waals surface area contributed by atoms with Gasteiger partial charge in [-0.2, -0.15) is 0 Å². The predicted molar refractivity (Wildman–Crippen MR) is 130 cm³/mol. The van der Waals surface area contributed by atoms with Gasteiger partial charge in [0.25, 0.3) is 0 Å². The van der Waals surface area contributed by atoms with Crippen molar-refractivity contribution < 1.29 is 28.8 Å². The SMILES string of the molecule is CCOc1ccc2c(OCC(CC)OCC(CC)OCC3CO3)c3ccccc3c(O)c2c1. The van der Waals surface area contributed by atoms with Crippen LogP contribution in [0.15, 0.2) is 42.5 Å². The number of rotatable bonds is 13. The number of benzene rings is 3. The third kappa shape index (κ3) is 5.69. The number of epoxide rings is 1. The lowest BCUT2D eigenvalue weighted by Gasteiger charge is -2.22. The smallest absolute Gasteiger partial charge is 0.135 e. The third-order valence-electron chi connectivity index (χ3n) is 5.99. The van der Waals surface area contributed by atoms with E-state index in [1.165, 1.54) is 0 Å². The Kier molecular flexibility index (Phi) is 7.91. The topological polar surface area (TPSA) is 69.7 Å². The number of phenols is 1. The summed E-state index contributed by atoms with van der Waals surface area (Å²) in [5.74, 6) is 1.71. The zero-order valence-corrected chi connectivity index (χ0v) is 19.7. The van der Waals surface area contributed by atoms with E-state index in [1.807, 2.05) is 49.4 Å². The molecule has 1 aliphatic heterocycles. The van der Waals surface area contributed by atoms with Crippen LogP contribution in [0.5, 0.6) is 17.2 Å². The summed E-state index contributed by atoms with van der Waals surface area (Å²) >= 11 is 0. The van der Waals surface area contributed by atoms with E-state index >= 15 is 0 Å². The van der Waals surface area contributed by atoms with Gasteiger partial charge in [-0.25, -0.2) is 0 Å². The van der Waals surface area contributed by atoms with E-state index in [1.54, 1.807) is 0 Å². The summed E-state index contributed by atoms with van der Waals surface area (Å²) in [6, 6.07) is 13.5. The number of hydrogen-bond acceptors (Lipinski definition) is 6. The van der Waals surface area contributed by atoms with E-state index in [4.69, 9.17) is 23.7 Å². The minimum Gasteiger partial charge on any atom is -0.507 e. The summed E-state index contributed by atoms with van der Waals surface area (Å²) in [6.45, 7) is 9.07. The highest BCUT2D eigenvalue weighted by molar-refractivity contribution is 6.11. The molecule has 1 saturated heterocycles. The van der Waals surface area contributed by atoms with Gasteiger partial charge in [0.15, 0.2) is 0 Å². The van der Waals surface area contributed by atoms with Crippen molar-refractivity contribution in [1.29, 1.82) is 0 Å². The standard InChI is InChI=1S/C27H34O6/c1-4-18(31-16-21-17-32-21)14-30-19(5-2)15-33-27-23-10-8-7-9-22(23)26(28)25-13-20(29-6-3)11-12-24(25)27/h7-13,18-19,21,28H,4-6,14-17H2,1-3H3. The van der Waals surface area contributed by atoms with E-state index in [0.29, 0.717) is 31.8 Å². The van der Waals surface area contributed by atoms with Gasteiger partial charge in [-0.15, -0.1) is 0 Å². The summed E-state index contributed by atoms with van der Waals surface area (Å²) in [4.78, 5) is 0. The van der Waals surface area contributed by atoms with Crippen molar-refractivity contribution in [1.82, 2.24) is 0 Å². The maximum Gasteiger partial charge on any atom is 0.135 e. The number of aromatic hydroxyl groups is 1. The van der Waals surface area contributed by atoms with Crippen molar-refractivity contribution in [2.24, 2.45) is 0 Å². The number of hydrogen-bond donors (Lipinski definition) is 1. The summed E-state index contributed by atoms with van der Waals surface area (Å²) in [6.07, 6.45) is 1.95. The van der Waals surface area contributed by atoms with Crippen LogP contribution in [-0.4, -0.2) is 56.5 Å². The summed E-state index contributed by atoms with van der Waals surface area (Å²) < 4.78 is 29.3. The van der Waals surface area contributed by atoms with Crippen molar-refractivity contribution in [3.63, 3.8) is 0 Å². The summed E-state index contributed by atoms with van der Waals surface area (Å²) in [7, 11) is 0. The Morgan fingerprint density at radius 3 is 2.27 bits per heavy atom. The molecule has 1 heterocycles. The lowest BCUT2D eigenvalue weighted by atomic mass is 10.0. The summed E-state index contributed by atoms with van der Waals surface area (Å²) in [5, 5.41) is 14.2. The molecule has 3 aromatic rings. The molecule has 1 aliphatic rings. The van der Waals surface area contributed by atoms with E-state index in [0.717, 1.165) is 47.1 Å². The lowest BCUT2D eigenvalue weighted by molar-refractivity contribution is -0.0593. The molecule has 0 radical (unpaired) electrons. The van der Waals surface area contributed by atoms with Crippen molar-refractivity contribution in [3.05, 3.63) is 42.5 Å². The van der Waals surface area contributed by atoms with Crippen LogP contribution in [0.3, 0.4) is 0 Å². The molecule has 33 heavy (non-hydrogen) atoms. The Hall–Kier alpha value is -2.54. The van der Waals surface area contributed by atoms with E-state index in [9.17, 15) is 5.11 Å². The first-order valence-corrected chi connectivity index (χ1v) is 11.9. The van der Waals surface area contributed by atoms with Crippen LogP contribution in [0.25, 0.3) is 21.5 Å². The number of phenolic OH excluding ortho intramolecular Hbond substituents is 1. The van der Waals surface area contributed by atoms with Gasteiger partial charge in [0, 0.05) is 21.5 Å². The zero-order valence-electron chi connectivity index (χ0n) is 19.7. The average molecular weight is 455 g/mol. The van der Waals surface area contributed by atoms with Crippen LogP contribution >= 0.6 is 0 Å².